The van der Waals surface area contributed by atoms with Gasteiger partial charge in [-0.3, -0.25) is 4.79 Å². The maximum atomic E-state index is 13.0. The Bertz CT molecular complexity index is 1740. The molecule has 0 saturated carbocycles. The van der Waals surface area contributed by atoms with E-state index < -0.39 is 77.9 Å². The smallest absolute Gasteiger partial charge is 0.494 e. The summed E-state index contributed by atoms with van der Waals surface area (Å²) in [5, 5.41) is 53.8. The number of benzene rings is 2. The molecule has 2 fully saturated rings. The summed E-state index contributed by atoms with van der Waals surface area (Å²) in [6.07, 6.45) is -2.55. The number of carbonyl (C=O) groups excluding carboxylic acids is 2. The van der Waals surface area contributed by atoms with E-state index in [0.29, 0.717) is 25.9 Å². The van der Waals surface area contributed by atoms with E-state index in [4.69, 9.17) is 28.4 Å². The molecule has 2 bridgehead atoms. The Labute approximate surface area is 343 Å². The standard InChI is InChI=1S/C43H56O16/c1-28(33(56-30(3)44)29(2)27-31-19-13-11-14-20-31)23-24-41-34(45)35(43(59-41,39(50)51)42(53,38(48)49)36(58-41)37(46)47)57-40(52)55-26-18-10-8-6-4-5-7-9-17-25-54-32-21-15-12-16-22-32/h11-16,19-22,29,33-36,45,53H,1,4-10,17-18,23-27H2,2-3H3,(H,46,47)(H,48,49)(H,50,51)/t29-,33-,34-,35-,36?,41?,42?,43?/m1/s1. The summed E-state index contributed by atoms with van der Waals surface area (Å²) < 4.78 is 32.8. The number of hydrogen-bond donors (Lipinski definition) is 5. The molecule has 2 heterocycles. The first kappa shape index (κ1) is 46.7. The van der Waals surface area contributed by atoms with E-state index in [-0.39, 0.29) is 24.5 Å². The van der Waals surface area contributed by atoms with Gasteiger partial charge in [-0.25, -0.2) is 19.2 Å². The molecule has 0 spiro atoms. The van der Waals surface area contributed by atoms with Crippen molar-refractivity contribution in [1.82, 2.24) is 0 Å². The molecule has 8 atom stereocenters. The van der Waals surface area contributed by atoms with E-state index in [0.717, 1.165) is 56.3 Å². The van der Waals surface area contributed by atoms with Crippen LogP contribution < -0.4 is 4.74 Å². The summed E-state index contributed by atoms with van der Waals surface area (Å²) in [5.41, 5.74) is -6.39. The van der Waals surface area contributed by atoms with Crippen LogP contribution in [0.1, 0.15) is 90.0 Å². The quantitative estimate of drug-likeness (QED) is 0.0474. The van der Waals surface area contributed by atoms with Gasteiger partial charge in [-0.1, -0.05) is 107 Å². The number of para-hydroxylation sites is 1. The molecule has 59 heavy (non-hydrogen) atoms. The summed E-state index contributed by atoms with van der Waals surface area (Å²) in [4.78, 5) is 63.2. The molecule has 2 saturated heterocycles. The lowest BCUT2D eigenvalue weighted by molar-refractivity contribution is -0.374. The molecule has 4 rings (SSSR count). The molecule has 0 aromatic heterocycles. The first-order chi connectivity index (χ1) is 28.1. The molecule has 2 aromatic carbocycles. The molecular formula is C43H56O16. The van der Waals surface area contributed by atoms with Gasteiger partial charge in [0.25, 0.3) is 5.60 Å². The number of unbranched alkanes of at least 4 members (excludes halogenated alkanes) is 8. The highest BCUT2D eigenvalue weighted by Gasteiger charge is 2.86. The fourth-order valence-corrected chi connectivity index (χ4v) is 7.74. The molecule has 324 valence electrons. The summed E-state index contributed by atoms with van der Waals surface area (Å²) in [6.45, 7) is 7.51. The second-order valence-electron chi connectivity index (χ2n) is 15.1. The first-order valence-corrected chi connectivity index (χ1v) is 20.0. The highest BCUT2D eigenvalue weighted by atomic mass is 16.8. The molecule has 16 heteroatoms. The molecule has 0 aliphatic carbocycles. The molecule has 0 amide bonds. The van der Waals surface area contributed by atoms with Gasteiger partial charge in [0.2, 0.25) is 17.5 Å². The van der Waals surface area contributed by atoms with E-state index in [9.17, 15) is 49.5 Å². The predicted octanol–water partition coefficient (Wildman–Crippen LogP) is 5.45. The predicted molar refractivity (Wildman–Crippen MR) is 208 cm³/mol. The third-order valence-corrected chi connectivity index (χ3v) is 10.8. The number of esters is 1. The van der Waals surface area contributed by atoms with Gasteiger partial charge in [-0.2, -0.15) is 0 Å². The second kappa shape index (κ2) is 21.3. The van der Waals surface area contributed by atoms with Crippen LogP contribution in [0.4, 0.5) is 4.79 Å². The SMILES string of the molecule is C=C(CCC12OC(C(=O)O)C(O)(C(=O)O)C(C(=O)O)(O1)[C@H](OC(=O)OCCCCCCCCCCCOc1ccccc1)[C@H]2O)[C@@H](OC(C)=O)[C@H](C)Cc1ccccc1. The van der Waals surface area contributed by atoms with E-state index in [2.05, 4.69) is 6.58 Å². The Kier molecular flexibility index (Phi) is 16.8. The van der Waals surface area contributed by atoms with E-state index in [1.54, 1.807) is 6.92 Å². The van der Waals surface area contributed by atoms with Gasteiger partial charge in [0.05, 0.1) is 13.2 Å². The van der Waals surface area contributed by atoms with Crippen LogP contribution in [0.5, 0.6) is 5.75 Å². The normalized spacial score (nSPS) is 25.6. The topological polar surface area (TPSA) is 242 Å². The molecule has 16 nitrogen and oxygen atoms in total. The Hall–Kier alpha value is -5.03. The molecule has 5 N–H and O–H groups in total. The van der Waals surface area contributed by atoms with Gasteiger partial charge in [-0.05, 0) is 49.0 Å². The van der Waals surface area contributed by atoms with Crippen molar-refractivity contribution < 1.29 is 77.9 Å². The number of fused-ring (bicyclic) bond motifs is 2. The zero-order valence-electron chi connectivity index (χ0n) is 33.5. The maximum Gasteiger partial charge on any atom is 0.508 e. The molecule has 2 aliphatic rings. The molecule has 2 aliphatic heterocycles. The molecule has 2 aromatic rings. The number of ether oxygens (including phenoxy) is 6. The monoisotopic (exact) mass is 828 g/mol. The number of aliphatic hydroxyl groups excluding tert-OH is 1. The van der Waals surface area contributed by atoms with Crippen molar-refractivity contribution in [2.45, 2.75) is 132 Å². The third kappa shape index (κ3) is 11.2. The van der Waals surface area contributed by atoms with Gasteiger partial charge < -0.3 is 54.0 Å². The van der Waals surface area contributed by atoms with Gasteiger partial charge in [0, 0.05) is 19.3 Å². The van der Waals surface area contributed by atoms with Gasteiger partial charge >= 0.3 is 30.0 Å². The van der Waals surface area contributed by atoms with Crippen molar-refractivity contribution in [3.8, 4) is 5.75 Å². The molecule has 4 unspecified atom stereocenters. The highest BCUT2D eigenvalue weighted by molar-refractivity contribution is 5.98. The Balaban J connectivity index is 1.36. The number of carboxylic acid groups (broad SMARTS) is 3. The number of aliphatic hydroxyl groups is 2. The zero-order valence-corrected chi connectivity index (χ0v) is 33.5. The Morgan fingerprint density at radius 3 is 1.92 bits per heavy atom. The lowest BCUT2D eigenvalue weighted by Gasteiger charge is -2.48. The van der Waals surface area contributed by atoms with Crippen molar-refractivity contribution in [3.63, 3.8) is 0 Å². The van der Waals surface area contributed by atoms with E-state index >= 15 is 0 Å². The third-order valence-electron chi connectivity index (χ3n) is 10.8. The van der Waals surface area contributed by atoms with Crippen LogP contribution in [0, 0.1) is 5.92 Å². The highest BCUT2D eigenvalue weighted by Crippen LogP contribution is 2.56. The van der Waals surface area contributed by atoms with Crippen molar-refractivity contribution in [1.29, 1.82) is 0 Å². The van der Waals surface area contributed by atoms with Gasteiger partial charge in [-0.15, -0.1) is 0 Å². The maximum absolute atomic E-state index is 13.0. The average molecular weight is 829 g/mol. The first-order valence-electron chi connectivity index (χ1n) is 20.0. The van der Waals surface area contributed by atoms with Crippen molar-refractivity contribution in [3.05, 3.63) is 78.4 Å². The Morgan fingerprint density at radius 2 is 1.37 bits per heavy atom. The number of rotatable bonds is 25. The summed E-state index contributed by atoms with van der Waals surface area (Å²) in [7, 11) is 0. The Morgan fingerprint density at radius 1 is 0.814 bits per heavy atom. The fraction of sp³-hybridized carbons (Fsp3) is 0.558. The minimum atomic E-state index is -3.94. The fourth-order valence-electron chi connectivity index (χ4n) is 7.74. The van der Waals surface area contributed by atoms with Crippen molar-refractivity contribution >= 4 is 30.0 Å². The largest absolute Gasteiger partial charge is 0.508 e. The number of aliphatic carboxylic acids is 3. The van der Waals surface area contributed by atoms with E-state index in [1.165, 1.54) is 6.92 Å². The lowest BCUT2D eigenvalue weighted by Crippen LogP contribution is -2.78. The van der Waals surface area contributed by atoms with Crippen LogP contribution in [-0.2, 0) is 49.3 Å². The van der Waals surface area contributed by atoms with Crippen LogP contribution in [0.25, 0.3) is 0 Å². The summed E-state index contributed by atoms with van der Waals surface area (Å²) in [5.74, 6) is -9.59. The van der Waals surface area contributed by atoms with Gasteiger partial charge in [0.1, 0.15) is 18.0 Å². The van der Waals surface area contributed by atoms with Crippen LogP contribution in [0.3, 0.4) is 0 Å². The molecule has 0 radical (unpaired) electrons. The van der Waals surface area contributed by atoms with Crippen molar-refractivity contribution in [2.75, 3.05) is 13.2 Å². The second-order valence-corrected chi connectivity index (χ2v) is 15.1. The minimum Gasteiger partial charge on any atom is -0.494 e. The average Bonchev–Trinajstić information content (AvgIpc) is 3.41. The van der Waals surface area contributed by atoms with Crippen LogP contribution >= 0.6 is 0 Å². The minimum absolute atomic E-state index is 0.175. The lowest BCUT2D eigenvalue weighted by atomic mass is 9.74. The van der Waals surface area contributed by atoms with Crippen LogP contribution in [0.2, 0.25) is 0 Å². The number of hydrogen-bond acceptors (Lipinski definition) is 13. The summed E-state index contributed by atoms with van der Waals surface area (Å²) >= 11 is 0. The number of carboxylic acids is 3. The van der Waals surface area contributed by atoms with Crippen molar-refractivity contribution in [2.24, 2.45) is 5.92 Å². The van der Waals surface area contributed by atoms with Crippen LogP contribution in [0.15, 0.2) is 72.8 Å². The zero-order chi connectivity index (χ0) is 43.2. The number of carbonyl (C=O) groups is 5. The van der Waals surface area contributed by atoms with E-state index in [1.807, 2.05) is 60.7 Å². The summed E-state index contributed by atoms with van der Waals surface area (Å²) in [6, 6.07) is 18.9. The van der Waals surface area contributed by atoms with Gasteiger partial charge in [0.15, 0.2) is 6.10 Å². The molecular weight excluding hydrogens is 772 g/mol. The van der Waals surface area contributed by atoms with Crippen LogP contribution in [-0.4, -0.2) is 110 Å².